The van der Waals surface area contributed by atoms with Crippen LogP contribution in [0, 0.1) is 0 Å². The number of rotatable bonds is 5. The summed E-state index contributed by atoms with van der Waals surface area (Å²) in [4.78, 5) is 24.2. The van der Waals surface area contributed by atoms with Crippen LogP contribution in [0.1, 0.15) is 58.8 Å². The minimum absolute atomic E-state index is 0.159. The van der Waals surface area contributed by atoms with Crippen molar-refractivity contribution in [3.05, 3.63) is 52.3 Å². The SMILES string of the molecule is CCC(=O)c1ccn(S(=O)(=O)NC(=O)Nc2c3c(cc4c2CCC4)CCC3)c1. The predicted molar refractivity (Wildman–Crippen MR) is 106 cm³/mol. The number of fused-ring (bicyclic) bond motifs is 2. The summed E-state index contributed by atoms with van der Waals surface area (Å²) < 4.78 is 27.9. The standard InChI is InChI=1S/C20H23N3O4S/c1-2-18(24)15-9-10-23(12-15)28(26,27)22-20(25)21-19-16-7-3-5-13(16)11-14-6-4-8-17(14)19/h9-12H,2-8H2,1H3,(H2,21,22,25). The number of urea groups is 1. The highest BCUT2D eigenvalue weighted by Crippen LogP contribution is 2.38. The Morgan fingerprint density at radius 1 is 1.07 bits per heavy atom. The van der Waals surface area contributed by atoms with Gasteiger partial charge in [-0.2, -0.15) is 8.42 Å². The lowest BCUT2D eigenvalue weighted by molar-refractivity contribution is 0.0988. The Morgan fingerprint density at radius 3 is 2.32 bits per heavy atom. The van der Waals surface area contributed by atoms with E-state index in [2.05, 4.69) is 11.4 Å². The summed E-state index contributed by atoms with van der Waals surface area (Å²) in [5, 5.41) is 2.80. The van der Waals surface area contributed by atoms with E-state index in [4.69, 9.17) is 0 Å². The van der Waals surface area contributed by atoms with Crippen molar-refractivity contribution in [2.45, 2.75) is 51.9 Å². The molecular weight excluding hydrogens is 378 g/mol. The van der Waals surface area contributed by atoms with Gasteiger partial charge in [0.05, 0.1) is 0 Å². The normalized spacial score (nSPS) is 15.2. The maximum Gasteiger partial charge on any atom is 0.334 e. The number of carbonyl (C=O) groups excluding carboxylic acids is 2. The minimum atomic E-state index is -4.13. The molecule has 0 unspecified atom stereocenters. The van der Waals surface area contributed by atoms with E-state index in [0.29, 0.717) is 5.56 Å². The summed E-state index contributed by atoms with van der Waals surface area (Å²) in [6.45, 7) is 1.70. The molecule has 2 aliphatic carbocycles. The Bertz CT molecular complexity index is 1040. The fraction of sp³-hybridized carbons (Fsp3) is 0.400. The van der Waals surface area contributed by atoms with Crippen LogP contribution < -0.4 is 10.0 Å². The van der Waals surface area contributed by atoms with Gasteiger partial charge in [0.2, 0.25) is 0 Å². The van der Waals surface area contributed by atoms with Gasteiger partial charge in [-0.3, -0.25) is 4.79 Å². The van der Waals surface area contributed by atoms with E-state index < -0.39 is 16.2 Å². The molecule has 0 aliphatic heterocycles. The van der Waals surface area contributed by atoms with Crippen molar-refractivity contribution < 1.29 is 18.0 Å². The molecule has 0 saturated carbocycles. The van der Waals surface area contributed by atoms with Gasteiger partial charge in [0.25, 0.3) is 0 Å². The summed E-state index contributed by atoms with van der Waals surface area (Å²) in [6.07, 6.45) is 8.63. The molecule has 0 saturated heterocycles. The number of hydrogen-bond acceptors (Lipinski definition) is 4. The summed E-state index contributed by atoms with van der Waals surface area (Å²) >= 11 is 0. The lowest BCUT2D eigenvalue weighted by Crippen LogP contribution is -2.38. The van der Waals surface area contributed by atoms with Crippen molar-refractivity contribution in [2.24, 2.45) is 0 Å². The second-order valence-corrected chi connectivity index (χ2v) is 8.88. The fourth-order valence-corrected chi connectivity index (χ4v) is 5.04. The fourth-order valence-electron chi connectivity index (χ4n) is 4.17. The molecule has 2 aliphatic rings. The number of ketones is 1. The number of benzene rings is 1. The van der Waals surface area contributed by atoms with Crippen LogP contribution in [0.2, 0.25) is 0 Å². The molecule has 0 bridgehead atoms. The molecule has 1 aromatic carbocycles. The van der Waals surface area contributed by atoms with Gasteiger partial charge >= 0.3 is 16.2 Å². The number of aromatic nitrogens is 1. The van der Waals surface area contributed by atoms with Crippen molar-refractivity contribution >= 4 is 27.7 Å². The van der Waals surface area contributed by atoms with Gasteiger partial charge in [0.15, 0.2) is 5.78 Å². The Balaban J connectivity index is 1.55. The molecule has 0 radical (unpaired) electrons. The number of nitrogens with zero attached hydrogens (tertiary/aromatic N) is 1. The monoisotopic (exact) mass is 401 g/mol. The Hall–Kier alpha value is -2.61. The van der Waals surface area contributed by atoms with Crippen LogP contribution in [0.5, 0.6) is 0 Å². The first-order valence-electron chi connectivity index (χ1n) is 9.61. The van der Waals surface area contributed by atoms with E-state index in [1.54, 1.807) is 6.92 Å². The lowest BCUT2D eigenvalue weighted by atomic mass is 9.99. The third kappa shape index (κ3) is 3.32. The average molecular weight is 401 g/mol. The Kier molecular flexibility index (Phi) is 4.74. The number of anilines is 1. The van der Waals surface area contributed by atoms with E-state index in [0.717, 1.165) is 59.3 Å². The second-order valence-electron chi connectivity index (χ2n) is 7.30. The van der Waals surface area contributed by atoms with Gasteiger partial charge in [-0.25, -0.2) is 13.5 Å². The van der Waals surface area contributed by atoms with E-state index in [1.807, 2.05) is 4.72 Å². The molecule has 0 spiro atoms. The number of hydrogen-bond donors (Lipinski definition) is 2. The van der Waals surface area contributed by atoms with Crippen LogP contribution in [0.15, 0.2) is 24.5 Å². The van der Waals surface area contributed by atoms with Crippen molar-refractivity contribution in [1.29, 1.82) is 0 Å². The van der Waals surface area contributed by atoms with Gasteiger partial charge in [-0.05, 0) is 66.8 Å². The molecule has 7 nitrogen and oxygen atoms in total. The molecule has 1 heterocycles. The van der Waals surface area contributed by atoms with Crippen molar-refractivity contribution in [1.82, 2.24) is 8.69 Å². The highest BCUT2D eigenvalue weighted by molar-refractivity contribution is 7.88. The topological polar surface area (TPSA) is 97.3 Å². The van der Waals surface area contributed by atoms with Crippen LogP contribution in [-0.2, 0) is 35.9 Å². The van der Waals surface area contributed by atoms with Crippen LogP contribution >= 0.6 is 0 Å². The van der Waals surface area contributed by atoms with Gasteiger partial charge in [0.1, 0.15) is 0 Å². The first-order chi connectivity index (χ1) is 13.4. The molecule has 148 valence electrons. The molecule has 8 heteroatoms. The van der Waals surface area contributed by atoms with E-state index in [1.165, 1.54) is 29.6 Å². The first-order valence-corrected chi connectivity index (χ1v) is 11.0. The van der Waals surface area contributed by atoms with Gasteiger partial charge < -0.3 is 5.32 Å². The molecule has 28 heavy (non-hydrogen) atoms. The number of amides is 2. The van der Waals surface area contributed by atoms with E-state index >= 15 is 0 Å². The van der Waals surface area contributed by atoms with Crippen LogP contribution in [-0.4, -0.2) is 24.2 Å². The molecule has 2 N–H and O–H groups in total. The summed E-state index contributed by atoms with van der Waals surface area (Å²) in [5.41, 5.74) is 5.85. The zero-order chi connectivity index (χ0) is 19.9. The number of carbonyl (C=O) groups is 2. The predicted octanol–water partition coefficient (Wildman–Crippen LogP) is 2.97. The molecular formula is C20H23N3O4S. The number of nitrogens with one attached hydrogen (secondary N) is 2. The third-order valence-electron chi connectivity index (χ3n) is 5.52. The summed E-state index contributed by atoms with van der Waals surface area (Å²) in [5.74, 6) is -0.159. The molecule has 2 aromatic rings. The van der Waals surface area contributed by atoms with E-state index in [9.17, 15) is 18.0 Å². The van der Waals surface area contributed by atoms with Crippen LogP contribution in [0.25, 0.3) is 0 Å². The quantitative estimate of drug-likeness (QED) is 0.753. The molecule has 1 aromatic heterocycles. The Morgan fingerprint density at radius 2 is 1.71 bits per heavy atom. The minimum Gasteiger partial charge on any atom is -0.307 e. The smallest absolute Gasteiger partial charge is 0.307 e. The number of Topliss-reactive ketones (excluding diaryl/α,β-unsaturated/α-hetero) is 1. The average Bonchev–Trinajstić information content (AvgIpc) is 3.39. The lowest BCUT2D eigenvalue weighted by Gasteiger charge is -2.16. The highest BCUT2D eigenvalue weighted by Gasteiger charge is 2.26. The molecule has 0 atom stereocenters. The van der Waals surface area contributed by atoms with Crippen molar-refractivity contribution in [3.8, 4) is 0 Å². The highest BCUT2D eigenvalue weighted by atomic mass is 32.2. The second kappa shape index (κ2) is 7.09. The molecule has 2 amide bonds. The van der Waals surface area contributed by atoms with Crippen LogP contribution in [0.3, 0.4) is 0 Å². The summed E-state index contributed by atoms with van der Waals surface area (Å²) in [7, 11) is -4.13. The summed E-state index contributed by atoms with van der Waals surface area (Å²) in [6, 6.07) is 2.89. The van der Waals surface area contributed by atoms with E-state index in [-0.39, 0.29) is 12.2 Å². The maximum absolute atomic E-state index is 12.5. The largest absolute Gasteiger partial charge is 0.334 e. The molecule has 4 rings (SSSR count). The van der Waals surface area contributed by atoms with Gasteiger partial charge in [-0.1, -0.05) is 13.0 Å². The first kappa shape index (κ1) is 18.7. The number of aryl methyl sites for hydroxylation is 2. The Labute approximate surface area is 164 Å². The molecule has 0 fully saturated rings. The maximum atomic E-state index is 12.5. The zero-order valence-electron chi connectivity index (χ0n) is 15.7. The van der Waals surface area contributed by atoms with Gasteiger partial charge in [-0.15, -0.1) is 0 Å². The van der Waals surface area contributed by atoms with Crippen LogP contribution in [0.4, 0.5) is 10.5 Å². The van der Waals surface area contributed by atoms with Gasteiger partial charge in [0, 0.05) is 30.1 Å². The van der Waals surface area contributed by atoms with Crippen molar-refractivity contribution in [2.75, 3.05) is 5.32 Å². The zero-order valence-corrected chi connectivity index (χ0v) is 16.6. The van der Waals surface area contributed by atoms with Crippen molar-refractivity contribution in [3.63, 3.8) is 0 Å². The third-order valence-corrected chi connectivity index (χ3v) is 6.75.